The number of hydrogen-bond acceptors (Lipinski definition) is 4. The molecule has 0 amide bonds. The van der Waals surface area contributed by atoms with Crippen molar-refractivity contribution >= 4 is 17.0 Å². The van der Waals surface area contributed by atoms with Crippen LogP contribution in [-0.2, 0) is 20.5 Å². The summed E-state index contributed by atoms with van der Waals surface area (Å²) in [4.78, 5) is 4.59. The van der Waals surface area contributed by atoms with Crippen molar-refractivity contribution in [2.24, 2.45) is 14.1 Å². The van der Waals surface area contributed by atoms with Crippen LogP contribution in [0.3, 0.4) is 0 Å². The smallest absolute Gasteiger partial charge is 0.200 e. The molecule has 0 aliphatic carbocycles. The number of hydrogen-bond donors (Lipinski definition) is 1. The lowest BCUT2D eigenvalue weighted by Crippen LogP contribution is -1.97. The second kappa shape index (κ2) is 6.29. The van der Waals surface area contributed by atoms with Gasteiger partial charge in [-0.25, -0.2) is 4.98 Å². The molecule has 0 aliphatic heterocycles. The van der Waals surface area contributed by atoms with E-state index in [1.165, 1.54) is 5.56 Å². The number of aromatic nitrogens is 4. The molecular weight excluding hydrogens is 336 g/mol. The van der Waals surface area contributed by atoms with E-state index in [4.69, 9.17) is 5.73 Å². The van der Waals surface area contributed by atoms with Gasteiger partial charge < -0.3 is 10.3 Å². The monoisotopic (exact) mass is 356 g/mol. The number of fused-ring (bicyclic) bond motifs is 1. The van der Waals surface area contributed by atoms with E-state index in [2.05, 4.69) is 35.2 Å². The molecule has 2 aromatic carbocycles. The molecule has 4 aromatic rings. The van der Waals surface area contributed by atoms with E-state index < -0.39 is 0 Å². The van der Waals surface area contributed by atoms with Gasteiger partial charge in [-0.1, -0.05) is 25.1 Å². The summed E-state index contributed by atoms with van der Waals surface area (Å²) < 4.78 is 3.71. The summed E-state index contributed by atoms with van der Waals surface area (Å²) in [5.41, 5.74) is 13.4. The zero-order chi connectivity index (χ0) is 19.1. The van der Waals surface area contributed by atoms with E-state index in [1.807, 2.05) is 53.8 Å². The molecule has 0 fully saturated rings. The van der Waals surface area contributed by atoms with Crippen LogP contribution in [0, 0.1) is 11.3 Å². The predicted molar refractivity (Wildman–Crippen MR) is 107 cm³/mol. The average molecular weight is 356 g/mol. The van der Waals surface area contributed by atoms with Gasteiger partial charge >= 0.3 is 0 Å². The van der Waals surface area contributed by atoms with Crippen molar-refractivity contribution in [3.63, 3.8) is 0 Å². The van der Waals surface area contributed by atoms with Gasteiger partial charge in [-0.15, -0.1) is 0 Å². The first-order valence-electron chi connectivity index (χ1n) is 8.81. The topological polar surface area (TPSA) is 85.4 Å². The molecule has 2 aromatic heterocycles. The summed E-state index contributed by atoms with van der Waals surface area (Å²) in [7, 11) is 3.81. The van der Waals surface area contributed by atoms with E-state index in [0.29, 0.717) is 11.5 Å². The molecule has 6 nitrogen and oxygen atoms in total. The summed E-state index contributed by atoms with van der Waals surface area (Å²) in [6, 6.07) is 14.1. The van der Waals surface area contributed by atoms with E-state index in [1.54, 1.807) is 0 Å². The maximum atomic E-state index is 9.55. The van der Waals surface area contributed by atoms with Crippen LogP contribution in [0.2, 0.25) is 0 Å². The van der Waals surface area contributed by atoms with Gasteiger partial charge in [0.2, 0.25) is 5.95 Å². The first-order chi connectivity index (χ1) is 13.0. The van der Waals surface area contributed by atoms with Crippen LogP contribution >= 0.6 is 0 Å². The van der Waals surface area contributed by atoms with Crippen molar-refractivity contribution in [1.29, 1.82) is 5.26 Å². The standard InChI is InChI=1S/C21H20N6/c1-4-13-9-16(19-18(10-13)26(2)21(23)25-19)17-12-24-27(3)20(17)15-8-6-5-7-14(15)11-22/h5-10,12H,4H2,1-3H3,(H2,23,25). The number of rotatable bonds is 3. The summed E-state index contributed by atoms with van der Waals surface area (Å²) in [5.74, 6) is 0.474. The van der Waals surface area contributed by atoms with Gasteiger partial charge in [0.15, 0.2) is 0 Å². The third kappa shape index (κ3) is 2.56. The number of nitrogen functional groups attached to an aromatic ring is 1. The van der Waals surface area contributed by atoms with Crippen LogP contribution in [0.5, 0.6) is 0 Å². The van der Waals surface area contributed by atoms with E-state index >= 15 is 0 Å². The van der Waals surface area contributed by atoms with Gasteiger partial charge in [-0.05, 0) is 30.2 Å². The second-order valence-electron chi connectivity index (χ2n) is 6.58. The van der Waals surface area contributed by atoms with Crippen molar-refractivity contribution in [2.45, 2.75) is 13.3 Å². The van der Waals surface area contributed by atoms with Gasteiger partial charge in [0.1, 0.15) is 0 Å². The Morgan fingerprint density at radius 1 is 1.11 bits per heavy atom. The quantitative estimate of drug-likeness (QED) is 0.607. The number of benzene rings is 2. The first-order valence-corrected chi connectivity index (χ1v) is 8.81. The SMILES string of the molecule is CCc1cc(-c2cnn(C)c2-c2ccccc2C#N)c2nc(N)n(C)c2c1. The Balaban J connectivity index is 2.07. The van der Waals surface area contributed by atoms with Crippen LogP contribution < -0.4 is 5.73 Å². The van der Waals surface area contributed by atoms with Crippen LogP contribution in [0.1, 0.15) is 18.1 Å². The van der Waals surface area contributed by atoms with Crippen LogP contribution in [0.15, 0.2) is 42.6 Å². The molecule has 4 rings (SSSR count). The minimum Gasteiger partial charge on any atom is -0.369 e. The Kier molecular flexibility index (Phi) is 3.93. The fourth-order valence-corrected chi connectivity index (χ4v) is 3.51. The minimum atomic E-state index is 0.474. The fraction of sp³-hybridized carbons (Fsp3) is 0.190. The van der Waals surface area contributed by atoms with Crippen molar-refractivity contribution in [3.8, 4) is 28.5 Å². The van der Waals surface area contributed by atoms with E-state index in [0.717, 1.165) is 39.8 Å². The number of aryl methyl sites for hydroxylation is 3. The van der Waals surface area contributed by atoms with Crippen molar-refractivity contribution in [1.82, 2.24) is 19.3 Å². The molecule has 134 valence electrons. The molecule has 2 heterocycles. The minimum absolute atomic E-state index is 0.474. The molecule has 0 spiro atoms. The molecular formula is C21H20N6. The Labute approximate surface area is 157 Å². The van der Waals surface area contributed by atoms with E-state index in [9.17, 15) is 5.26 Å². The van der Waals surface area contributed by atoms with Crippen molar-refractivity contribution in [2.75, 3.05) is 5.73 Å². The second-order valence-corrected chi connectivity index (χ2v) is 6.58. The van der Waals surface area contributed by atoms with Crippen LogP contribution in [0.25, 0.3) is 33.4 Å². The van der Waals surface area contributed by atoms with Gasteiger partial charge in [-0.2, -0.15) is 10.4 Å². The third-order valence-corrected chi connectivity index (χ3v) is 5.02. The third-order valence-electron chi connectivity index (χ3n) is 5.02. The summed E-state index contributed by atoms with van der Waals surface area (Å²) in [6.45, 7) is 2.12. The molecule has 0 unspecified atom stereocenters. The van der Waals surface area contributed by atoms with Gasteiger partial charge in [0.05, 0.1) is 34.6 Å². The summed E-state index contributed by atoms with van der Waals surface area (Å²) in [6.07, 6.45) is 2.74. The fourth-order valence-electron chi connectivity index (χ4n) is 3.51. The molecule has 0 saturated heterocycles. The largest absolute Gasteiger partial charge is 0.369 e. The van der Waals surface area contributed by atoms with Crippen LogP contribution in [-0.4, -0.2) is 19.3 Å². The molecule has 0 aliphatic rings. The Morgan fingerprint density at radius 3 is 2.63 bits per heavy atom. The molecule has 27 heavy (non-hydrogen) atoms. The first kappa shape index (κ1) is 16.9. The molecule has 6 heteroatoms. The highest BCUT2D eigenvalue weighted by atomic mass is 15.3. The Hall–Kier alpha value is -3.59. The molecule has 0 radical (unpaired) electrons. The van der Waals surface area contributed by atoms with Crippen molar-refractivity contribution < 1.29 is 0 Å². The maximum Gasteiger partial charge on any atom is 0.200 e. The highest BCUT2D eigenvalue weighted by molar-refractivity contribution is 5.98. The lowest BCUT2D eigenvalue weighted by Gasteiger charge is -2.10. The molecule has 0 atom stereocenters. The molecule has 2 N–H and O–H groups in total. The Morgan fingerprint density at radius 2 is 1.89 bits per heavy atom. The number of nitrogens with two attached hydrogens (primary N) is 1. The number of nitrogens with zero attached hydrogens (tertiary/aromatic N) is 5. The van der Waals surface area contributed by atoms with Crippen LogP contribution in [0.4, 0.5) is 5.95 Å². The average Bonchev–Trinajstić information content (AvgIpc) is 3.21. The van der Waals surface area contributed by atoms with Gasteiger partial charge in [-0.3, -0.25) is 4.68 Å². The number of anilines is 1. The van der Waals surface area contributed by atoms with E-state index in [-0.39, 0.29) is 0 Å². The zero-order valence-electron chi connectivity index (χ0n) is 15.6. The number of imidazole rings is 1. The normalized spacial score (nSPS) is 11.0. The van der Waals surface area contributed by atoms with Gasteiger partial charge in [0, 0.05) is 30.8 Å². The summed E-state index contributed by atoms with van der Waals surface area (Å²) >= 11 is 0. The van der Waals surface area contributed by atoms with Gasteiger partial charge in [0.25, 0.3) is 0 Å². The predicted octanol–water partition coefficient (Wildman–Crippen LogP) is 3.66. The number of nitriles is 1. The van der Waals surface area contributed by atoms with Crippen molar-refractivity contribution in [3.05, 3.63) is 53.7 Å². The Bertz CT molecular complexity index is 1210. The zero-order valence-corrected chi connectivity index (χ0v) is 15.6. The summed E-state index contributed by atoms with van der Waals surface area (Å²) in [5, 5.41) is 14.0. The lowest BCUT2D eigenvalue weighted by molar-refractivity contribution is 0.776. The maximum absolute atomic E-state index is 9.55. The molecule has 0 bridgehead atoms. The highest BCUT2D eigenvalue weighted by Crippen LogP contribution is 2.38. The lowest BCUT2D eigenvalue weighted by atomic mass is 9.95. The highest BCUT2D eigenvalue weighted by Gasteiger charge is 2.20. The molecule has 0 saturated carbocycles.